The van der Waals surface area contributed by atoms with Gasteiger partial charge in [-0.3, -0.25) is 9.59 Å². The first kappa shape index (κ1) is 31.3. The molecule has 1 aliphatic rings. The Morgan fingerprint density at radius 2 is 1.52 bits per heavy atom. The summed E-state index contributed by atoms with van der Waals surface area (Å²) < 4.78 is 39.2. The molecule has 0 aromatic heterocycles. The molecule has 1 atom stereocenters. The summed E-state index contributed by atoms with van der Waals surface area (Å²) in [7, 11) is 0. The number of likely N-dealkylation sites (tertiary alicyclic amines) is 1. The van der Waals surface area contributed by atoms with Crippen molar-refractivity contribution in [2.75, 3.05) is 26.2 Å². The Morgan fingerprint density at radius 1 is 0.905 bits per heavy atom. The van der Waals surface area contributed by atoms with Crippen molar-refractivity contribution < 1.29 is 27.9 Å². The molecule has 224 valence electrons. The molecule has 1 fully saturated rings. The van der Waals surface area contributed by atoms with Crippen LogP contribution in [0.1, 0.15) is 67.4 Å². The number of nitrogens with zero attached hydrogens (tertiary/aromatic N) is 2. The van der Waals surface area contributed by atoms with Gasteiger partial charge in [-0.2, -0.15) is 13.2 Å². The maximum Gasteiger partial charge on any atom is 0.416 e. The van der Waals surface area contributed by atoms with Crippen LogP contribution in [0.25, 0.3) is 11.1 Å². The quantitative estimate of drug-likeness (QED) is 0.255. The van der Waals surface area contributed by atoms with E-state index in [0.717, 1.165) is 63.0 Å². The largest absolute Gasteiger partial charge is 0.481 e. The fourth-order valence-corrected chi connectivity index (χ4v) is 6.14. The van der Waals surface area contributed by atoms with Crippen molar-refractivity contribution in [1.82, 2.24) is 9.80 Å². The summed E-state index contributed by atoms with van der Waals surface area (Å²) in [6, 6.07) is 21.9. The smallest absolute Gasteiger partial charge is 0.416 e. The van der Waals surface area contributed by atoms with Crippen LogP contribution in [0.2, 0.25) is 0 Å². The zero-order chi connectivity index (χ0) is 30.3. The number of carboxylic acid groups (broad SMARTS) is 1. The lowest BCUT2D eigenvalue weighted by molar-refractivity contribution is -0.139. The fourth-order valence-electron chi connectivity index (χ4n) is 6.14. The first-order chi connectivity index (χ1) is 20.0. The average molecular weight is 581 g/mol. The standard InChI is InChI=1S/C34H39F3N2O3/c1-3-39(32(42)30-13-8-7-12-29(30)25-14-16-27(17-15-25)34(35,36)37)28-18-22-38(23-19-28)21-9-20-33(2,24-31(40)41)26-10-5-4-6-11-26/h4-8,10-17,28H,3,9,18-24H2,1-2H3,(H,40,41). The van der Waals surface area contributed by atoms with Gasteiger partial charge in [-0.15, -0.1) is 0 Å². The second-order valence-electron chi connectivity index (χ2n) is 11.4. The van der Waals surface area contributed by atoms with Gasteiger partial charge < -0.3 is 14.9 Å². The zero-order valence-corrected chi connectivity index (χ0v) is 24.2. The summed E-state index contributed by atoms with van der Waals surface area (Å²) >= 11 is 0. The highest BCUT2D eigenvalue weighted by Gasteiger charge is 2.32. The molecule has 1 unspecified atom stereocenters. The maximum atomic E-state index is 13.8. The van der Waals surface area contributed by atoms with Crippen LogP contribution in [0.5, 0.6) is 0 Å². The Bertz CT molecular complexity index is 1340. The van der Waals surface area contributed by atoms with Gasteiger partial charge in [0, 0.05) is 36.7 Å². The van der Waals surface area contributed by atoms with Crippen molar-refractivity contribution in [1.29, 1.82) is 0 Å². The SMILES string of the molecule is CCN(C(=O)c1ccccc1-c1ccc(C(F)(F)F)cc1)C1CCN(CCCC(C)(CC(=O)O)c2ccccc2)CC1. The first-order valence-electron chi connectivity index (χ1n) is 14.6. The molecule has 4 rings (SSSR count). The molecule has 1 saturated heterocycles. The minimum atomic E-state index is -4.41. The summed E-state index contributed by atoms with van der Waals surface area (Å²) in [6.07, 6.45) is -1.04. The van der Waals surface area contributed by atoms with E-state index >= 15 is 0 Å². The average Bonchev–Trinajstić information content (AvgIpc) is 2.98. The zero-order valence-electron chi connectivity index (χ0n) is 24.2. The normalized spacial score (nSPS) is 16.1. The van der Waals surface area contributed by atoms with Crippen molar-refractivity contribution in [3.8, 4) is 11.1 Å². The molecule has 5 nitrogen and oxygen atoms in total. The maximum absolute atomic E-state index is 13.8. The Kier molecular flexibility index (Phi) is 10.1. The lowest BCUT2D eigenvalue weighted by atomic mass is 9.76. The van der Waals surface area contributed by atoms with Crippen LogP contribution < -0.4 is 0 Å². The molecule has 3 aromatic rings. The van der Waals surface area contributed by atoms with Crippen molar-refractivity contribution >= 4 is 11.9 Å². The summed E-state index contributed by atoms with van der Waals surface area (Å²) in [5.74, 6) is -0.912. The molecule has 0 aliphatic carbocycles. The Labute approximate surface area is 246 Å². The number of benzene rings is 3. The Balaban J connectivity index is 1.37. The van der Waals surface area contributed by atoms with E-state index < -0.39 is 23.1 Å². The van der Waals surface area contributed by atoms with Crippen LogP contribution in [-0.2, 0) is 16.4 Å². The minimum absolute atomic E-state index is 0.0704. The third-order valence-corrected chi connectivity index (χ3v) is 8.50. The lowest BCUT2D eigenvalue weighted by Gasteiger charge is -2.39. The van der Waals surface area contributed by atoms with Crippen LogP contribution in [0.3, 0.4) is 0 Å². The highest BCUT2D eigenvalue weighted by molar-refractivity contribution is 6.01. The third-order valence-electron chi connectivity index (χ3n) is 8.50. The van der Waals surface area contributed by atoms with E-state index in [1.165, 1.54) is 12.1 Å². The number of rotatable bonds is 11. The van der Waals surface area contributed by atoms with Crippen LogP contribution in [-0.4, -0.2) is 59.0 Å². The van der Waals surface area contributed by atoms with Gasteiger partial charge in [0.05, 0.1) is 12.0 Å². The van der Waals surface area contributed by atoms with Gasteiger partial charge in [0.25, 0.3) is 5.91 Å². The van der Waals surface area contributed by atoms with Crippen molar-refractivity contribution in [2.45, 2.75) is 63.6 Å². The van der Waals surface area contributed by atoms with Gasteiger partial charge in [0.2, 0.25) is 0 Å². The Morgan fingerprint density at radius 3 is 2.12 bits per heavy atom. The van der Waals surface area contributed by atoms with Crippen molar-refractivity contribution in [2.24, 2.45) is 0 Å². The summed E-state index contributed by atoms with van der Waals surface area (Å²) in [5.41, 5.74) is 1.57. The number of hydrogen-bond acceptors (Lipinski definition) is 3. The molecule has 8 heteroatoms. The highest BCUT2D eigenvalue weighted by atomic mass is 19.4. The number of carbonyl (C=O) groups is 2. The van der Waals surface area contributed by atoms with Gasteiger partial charge in [-0.05, 0) is 74.0 Å². The molecule has 0 bridgehead atoms. The van der Waals surface area contributed by atoms with Crippen LogP contribution >= 0.6 is 0 Å². The van der Waals surface area contributed by atoms with Crippen LogP contribution in [0.15, 0.2) is 78.9 Å². The molecule has 1 aliphatic heterocycles. The van der Waals surface area contributed by atoms with E-state index in [4.69, 9.17) is 0 Å². The van der Waals surface area contributed by atoms with E-state index in [1.807, 2.05) is 49.1 Å². The predicted octanol–water partition coefficient (Wildman–Crippen LogP) is 7.51. The molecular formula is C34H39F3N2O3. The van der Waals surface area contributed by atoms with Crippen LogP contribution in [0, 0.1) is 0 Å². The van der Waals surface area contributed by atoms with E-state index in [9.17, 15) is 27.9 Å². The van der Waals surface area contributed by atoms with Crippen LogP contribution in [0.4, 0.5) is 13.2 Å². The molecular weight excluding hydrogens is 541 g/mol. The molecule has 1 N–H and O–H groups in total. The minimum Gasteiger partial charge on any atom is -0.481 e. The highest BCUT2D eigenvalue weighted by Crippen LogP contribution is 2.34. The molecule has 3 aromatic carbocycles. The van der Waals surface area contributed by atoms with Gasteiger partial charge in [0.1, 0.15) is 0 Å². The molecule has 0 saturated carbocycles. The topological polar surface area (TPSA) is 60.9 Å². The molecule has 0 radical (unpaired) electrons. The lowest BCUT2D eigenvalue weighted by Crippen LogP contribution is -2.47. The number of alkyl halides is 3. The second kappa shape index (κ2) is 13.6. The monoisotopic (exact) mass is 580 g/mol. The summed E-state index contributed by atoms with van der Waals surface area (Å²) in [4.78, 5) is 29.6. The number of piperidine rings is 1. The van der Waals surface area contributed by atoms with Gasteiger partial charge in [0.15, 0.2) is 0 Å². The summed E-state index contributed by atoms with van der Waals surface area (Å²) in [5, 5.41) is 9.53. The van der Waals surface area contributed by atoms with Gasteiger partial charge in [-0.1, -0.05) is 67.6 Å². The van der Waals surface area contributed by atoms with E-state index in [2.05, 4.69) is 4.90 Å². The number of amides is 1. The predicted molar refractivity (Wildman–Crippen MR) is 158 cm³/mol. The van der Waals surface area contributed by atoms with E-state index in [1.54, 1.807) is 24.3 Å². The number of aliphatic carboxylic acids is 1. The summed E-state index contributed by atoms with van der Waals surface area (Å²) in [6.45, 7) is 7.07. The third kappa shape index (κ3) is 7.59. The second-order valence-corrected chi connectivity index (χ2v) is 11.4. The van der Waals surface area contributed by atoms with E-state index in [-0.39, 0.29) is 18.4 Å². The Hall–Kier alpha value is -3.65. The first-order valence-corrected chi connectivity index (χ1v) is 14.6. The molecule has 1 amide bonds. The molecule has 0 spiro atoms. The van der Waals surface area contributed by atoms with Gasteiger partial charge >= 0.3 is 12.1 Å². The number of carbonyl (C=O) groups excluding carboxylic acids is 1. The molecule has 1 heterocycles. The van der Waals surface area contributed by atoms with Gasteiger partial charge in [-0.25, -0.2) is 0 Å². The van der Waals surface area contributed by atoms with E-state index in [0.29, 0.717) is 23.2 Å². The molecule has 42 heavy (non-hydrogen) atoms. The fraction of sp³-hybridized carbons (Fsp3) is 0.412. The number of carboxylic acids is 1. The van der Waals surface area contributed by atoms with Crippen molar-refractivity contribution in [3.05, 3.63) is 95.6 Å². The number of halogens is 3. The van der Waals surface area contributed by atoms with Crippen molar-refractivity contribution in [3.63, 3.8) is 0 Å². The number of hydrogen-bond donors (Lipinski definition) is 1.